The molecule has 1 unspecified atom stereocenters. The molecule has 0 amide bonds. The van der Waals surface area contributed by atoms with Gasteiger partial charge in [0.05, 0.1) is 6.61 Å². The second-order valence-corrected chi connectivity index (χ2v) is 6.16. The van der Waals surface area contributed by atoms with E-state index in [2.05, 4.69) is 44.3 Å². The molecule has 1 rings (SSSR count). The zero-order valence-corrected chi connectivity index (χ0v) is 13.5. The van der Waals surface area contributed by atoms with Gasteiger partial charge in [-0.2, -0.15) is 0 Å². The highest BCUT2D eigenvalue weighted by atomic mass is 32.2. The topological polar surface area (TPSA) is 21.3 Å². The normalized spacial score (nSPS) is 12.6. The maximum absolute atomic E-state index is 5.02. The lowest BCUT2D eigenvalue weighted by atomic mass is 10.1. The van der Waals surface area contributed by atoms with Crippen molar-refractivity contribution in [2.45, 2.75) is 38.6 Å². The third-order valence-corrected chi connectivity index (χ3v) is 4.78. The van der Waals surface area contributed by atoms with Gasteiger partial charge in [-0.3, -0.25) is 0 Å². The summed E-state index contributed by atoms with van der Waals surface area (Å²) >= 11 is 1.98. The van der Waals surface area contributed by atoms with Gasteiger partial charge in [0.25, 0.3) is 0 Å². The number of hydrogen-bond acceptors (Lipinski definition) is 3. The maximum atomic E-state index is 5.02. The van der Waals surface area contributed by atoms with E-state index in [4.69, 9.17) is 4.74 Å². The van der Waals surface area contributed by atoms with Crippen molar-refractivity contribution in [2.24, 2.45) is 5.92 Å². The van der Waals surface area contributed by atoms with Crippen molar-refractivity contribution >= 4 is 11.8 Å². The molecule has 0 bridgehead atoms. The van der Waals surface area contributed by atoms with Crippen LogP contribution in [0.1, 0.15) is 31.4 Å². The summed E-state index contributed by atoms with van der Waals surface area (Å²) in [5.41, 5.74) is 2.74. The fourth-order valence-corrected chi connectivity index (χ4v) is 2.89. The minimum Gasteiger partial charge on any atom is -0.383 e. The second kappa shape index (κ2) is 9.40. The molecule has 108 valence electrons. The summed E-state index contributed by atoms with van der Waals surface area (Å²) in [4.78, 5) is 1.42. The monoisotopic (exact) mass is 281 g/mol. The van der Waals surface area contributed by atoms with E-state index < -0.39 is 0 Å². The molecule has 0 radical (unpaired) electrons. The summed E-state index contributed by atoms with van der Waals surface area (Å²) in [6, 6.07) is 6.78. The fourth-order valence-electron chi connectivity index (χ4n) is 1.74. The number of benzene rings is 1. The minimum absolute atomic E-state index is 0.766. The molecule has 19 heavy (non-hydrogen) atoms. The number of hydrogen-bond donors (Lipinski definition) is 1. The van der Waals surface area contributed by atoms with E-state index in [0.717, 1.165) is 25.6 Å². The van der Waals surface area contributed by atoms with Gasteiger partial charge in [-0.05, 0) is 30.0 Å². The molecule has 0 aliphatic heterocycles. The van der Waals surface area contributed by atoms with E-state index in [0.29, 0.717) is 0 Å². The first kappa shape index (κ1) is 16.5. The Morgan fingerprint density at radius 3 is 2.79 bits per heavy atom. The first-order valence-corrected chi connectivity index (χ1v) is 8.07. The largest absolute Gasteiger partial charge is 0.383 e. The van der Waals surface area contributed by atoms with Crippen LogP contribution in [0.2, 0.25) is 0 Å². The predicted molar refractivity (Wildman–Crippen MR) is 84.9 cm³/mol. The van der Waals surface area contributed by atoms with Crippen molar-refractivity contribution in [3.63, 3.8) is 0 Å². The SMILES string of the molecule is CCC(C)CSc1ccc(CNCCOC)cc1C. The lowest BCUT2D eigenvalue weighted by Crippen LogP contribution is -2.18. The van der Waals surface area contributed by atoms with Crippen molar-refractivity contribution in [3.05, 3.63) is 29.3 Å². The molecule has 2 nitrogen and oxygen atoms in total. The Morgan fingerprint density at radius 2 is 2.16 bits per heavy atom. The van der Waals surface area contributed by atoms with Crippen molar-refractivity contribution < 1.29 is 4.74 Å². The molecular weight excluding hydrogens is 254 g/mol. The van der Waals surface area contributed by atoms with Crippen molar-refractivity contribution in [3.8, 4) is 0 Å². The summed E-state index contributed by atoms with van der Waals surface area (Å²) in [6.07, 6.45) is 1.26. The van der Waals surface area contributed by atoms with Crippen LogP contribution in [0, 0.1) is 12.8 Å². The average Bonchev–Trinajstić information content (AvgIpc) is 2.42. The maximum Gasteiger partial charge on any atom is 0.0587 e. The number of aryl methyl sites for hydroxylation is 1. The zero-order valence-electron chi connectivity index (χ0n) is 12.7. The summed E-state index contributed by atoms with van der Waals surface area (Å²) < 4.78 is 5.02. The molecule has 3 heteroatoms. The highest BCUT2D eigenvalue weighted by Crippen LogP contribution is 2.26. The second-order valence-electron chi connectivity index (χ2n) is 5.09. The molecule has 0 saturated carbocycles. The highest BCUT2D eigenvalue weighted by molar-refractivity contribution is 7.99. The van der Waals surface area contributed by atoms with E-state index in [9.17, 15) is 0 Å². The van der Waals surface area contributed by atoms with Gasteiger partial charge in [-0.15, -0.1) is 11.8 Å². The van der Waals surface area contributed by atoms with E-state index in [-0.39, 0.29) is 0 Å². The van der Waals surface area contributed by atoms with Crippen LogP contribution in [-0.2, 0) is 11.3 Å². The molecule has 0 heterocycles. The van der Waals surface area contributed by atoms with Crippen LogP contribution in [-0.4, -0.2) is 26.0 Å². The quantitative estimate of drug-likeness (QED) is 0.548. The molecule has 0 aliphatic carbocycles. The lowest BCUT2D eigenvalue weighted by molar-refractivity contribution is 0.199. The van der Waals surface area contributed by atoms with Crippen LogP contribution in [0.4, 0.5) is 0 Å². The standard InChI is InChI=1S/C16H27NOS/c1-5-13(2)12-19-16-7-6-15(10-14(16)3)11-17-8-9-18-4/h6-7,10,13,17H,5,8-9,11-12H2,1-4H3. The number of rotatable bonds is 9. The minimum atomic E-state index is 0.766. The van der Waals surface area contributed by atoms with E-state index in [1.165, 1.54) is 28.2 Å². The Kier molecular flexibility index (Phi) is 8.19. The molecule has 0 aromatic heterocycles. The van der Waals surface area contributed by atoms with Crippen molar-refractivity contribution in [1.82, 2.24) is 5.32 Å². The van der Waals surface area contributed by atoms with E-state index >= 15 is 0 Å². The van der Waals surface area contributed by atoms with Crippen LogP contribution in [0.3, 0.4) is 0 Å². The van der Waals surface area contributed by atoms with Gasteiger partial charge in [-0.1, -0.05) is 32.4 Å². The van der Waals surface area contributed by atoms with Gasteiger partial charge in [-0.25, -0.2) is 0 Å². The van der Waals surface area contributed by atoms with Crippen LogP contribution in [0.5, 0.6) is 0 Å². The summed E-state index contributed by atoms with van der Waals surface area (Å²) in [6.45, 7) is 9.36. The van der Waals surface area contributed by atoms with Gasteiger partial charge in [0.2, 0.25) is 0 Å². The number of thioether (sulfide) groups is 1. The Balaban J connectivity index is 2.45. The van der Waals surface area contributed by atoms with Crippen LogP contribution < -0.4 is 5.32 Å². The van der Waals surface area contributed by atoms with Crippen LogP contribution >= 0.6 is 11.8 Å². The van der Waals surface area contributed by atoms with Gasteiger partial charge < -0.3 is 10.1 Å². The third kappa shape index (κ3) is 6.46. The smallest absolute Gasteiger partial charge is 0.0587 e. The Hall–Kier alpha value is -0.510. The number of ether oxygens (including phenoxy) is 1. The van der Waals surface area contributed by atoms with Crippen molar-refractivity contribution in [2.75, 3.05) is 26.0 Å². The first-order valence-electron chi connectivity index (χ1n) is 7.09. The predicted octanol–water partition coefficient (Wildman–Crippen LogP) is 3.87. The molecule has 1 aromatic carbocycles. The molecular formula is C16H27NOS. The lowest BCUT2D eigenvalue weighted by Gasteiger charge is -2.11. The van der Waals surface area contributed by atoms with Gasteiger partial charge in [0.1, 0.15) is 0 Å². The van der Waals surface area contributed by atoms with Crippen LogP contribution in [0.15, 0.2) is 23.1 Å². The van der Waals surface area contributed by atoms with Crippen molar-refractivity contribution in [1.29, 1.82) is 0 Å². The van der Waals surface area contributed by atoms with Gasteiger partial charge >= 0.3 is 0 Å². The number of nitrogens with one attached hydrogen (secondary N) is 1. The molecule has 0 saturated heterocycles. The van der Waals surface area contributed by atoms with Gasteiger partial charge in [0, 0.05) is 30.8 Å². The summed E-state index contributed by atoms with van der Waals surface area (Å²) in [5.74, 6) is 2.00. The fraction of sp³-hybridized carbons (Fsp3) is 0.625. The Labute approximate surface area is 122 Å². The summed E-state index contributed by atoms with van der Waals surface area (Å²) in [5, 5.41) is 3.38. The number of methoxy groups -OCH3 is 1. The molecule has 0 spiro atoms. The Bertz CT molecular complexity index is 368. The van der Waals surface area contributed by atoms with Crippen LogP contribution in [0.25, 0.3) is 0 Å². The third-order valence-electron chi connectivity index (χ3n) is 3.27. The molecule has 0 aliphatic rings. The average molecular weight is 281 g/mol. The Morgan fingerprint density at radius 1 is 1.37 bits per heavy atom. The molecule has 0 fully saturated rings. The summed E-state index contributed by atoms with van der Waals surface area (Å²) in [7, 11) is 1.73. The molecule has 1 N–H and O–H groups in total. The van der Waals surface area contributed by atoms with E-state index in [1.54, 1.807) is 7.11 Å². The van der Waals surface area contributed by atoms with Gasteiger partial charge in [0.15, 0.2) is 0 Å². The highest BCUT2D eigenvalue weighted by Gasteiger charge is 2.04. The van der Waals surface area contributed by atoms with E-state index in [1.807, 2.05) is 11.8 Å². The first-order chi connectivity index (χ1) is 9.17. The molecule has 1 aromatic rings. The zero-order chi connectivity index (χ0) is 14.1. The molecule has 1 atom stereocenters.